The SMILES string of the molecule is CC[C@H]1C#CC[C@H]([C@H](O)CCc2ccc(O)c(O[C@H]3[C@H](O)[C@@H](O)CC[C@H]3[C@H](C3=CCNC(N)=C3)C3(c4ccc[nH]4)CCCC3)c2)[C@@H](O)CCCC1. The number of aliphatic hydroxyl groups is 4. The lowest BCUT2D eigenvalue weighted by Gasteiger charge is -2.49. The number of allylic oxidation sites excluding steroid dienone is 2. The Morgan fingerprint density at radius 1 is 1.00 bits per heavy atom. The maximum absolute atomic E-state index is 11.6. The van der Waals surface area contributed by atoms with Gasteiger partial charge in [-0.1, -0.05) is 50.7 Å². The molecule has 1 aliphatic heterocycles. The predicted molar refractivity (Wildman–Crippen MR) is 199 cm³/mol. The van der Waals surface area contributed by atoms with Gasteiger partial charge in [-0.15, -0.1) is 5.92 Å². The number of phenols is 1. The third kappa shape index (κ3) is 8.46. The van der Waals surface area contributed by atoms with Crippen LogP contribution >= 0.6 is 0 Å². The van der Waals surface area contributed by atoms with Crippen LogP contribution in [0.1, 0.15) is 102 Å². The number of hydrogen-bond acceptors (Lipinski definition) is 8. The second-order valence-corrected chi connectivity index (χ2v) is 15.5. The van der Waals surface area contributed by atoms with Crippen molar-refractivity contribution < 1.29 is 30.3 Å². The van der Waals surface area contributed by atoms with Gasteiger partial charge in [-0.25, -0.2) is 0 Å². The van der Waals surface area contributed by atoms with E-state index in [1.54, 1.807) is 12.1 Å². The smallest absolute Gasteiger partial charge is 0.161 e. The molecule has 9 heteroatoms. The van der Waals surface area contributed by atoms with Crippen LogP contribution in [0.2, 0.25) is 0 Å². The zero-order valence-electron chi connectivity index (χ0n) is 30.1. The zero-order chi connectivity index (χ0) is 36.0. The van der Waals surface area contributed by atoms with Crippen molar-refractivity contribution in [3.05, 3.63) is 71.3 Å². The van der Waals surface area contributed by atoms with Crippen molar-refractivity contribution >= 4 is 0 Å². The van der Waals surface area contributed by atoms with Crippen LogP contribution in [0.15, 0.2) is 60.1 Å². The summed E-state index contributed by atoms with van der Waals surface area (Å²) in [6, 6.07) is 9.41. The molecule has 1 aromatic heterocycles. The number of rotatable bonds is 11. The van der Waals surface area contributed by atoms with Gasteiger partial charge in [-0.05, 0) is 99.3 Å². The molecule has 278 valence electrons. The Morgan fingerprint density at radius 2 is 1.80 bits per heavy atom. The number of dihydropyridines is 1. The number of hydrogen-bond donors (Lipinski definition) is 8. The molecule has 6 rings (SSSR count). The minimum Gasteiger partial charge on any atom is -0.504 e. The summed E-state index contributed by atoms with van der Waals surface area (Å²) in [4.78, 5) is 3.53. The molecule has 0 amide bonds. The number of aromatic amines is 1. The molecule has 9 nitrogen and oxygen atoms in total. The van der Waals surface area contributed by atoms with Crippen molar-refractivity contribution in [2.45, 2.75) is 133 Å². The van der Waals surface area contributed by atoms with E-state index >= 15 is 0 Å². The number of phenolic OH excluding ortho intramolecular Hbond substituents is 1. The van der Waals surface area contributed by atoms with Crippen molar-refractivity contribution in [3.63, 3.8) is 0 Å². The molecule has 0 radical (unpaired) electrons. The molecule has 9 atom stereocenters. The van der Waals surface area contributed by atoms with Crippen LogP contribution in [-0.2, 0) is 11.8 Å². The van der Waals surface area contributed by atoms with Gasteiger partial charge in [-0.2, -0.15) is 0 Å². The van der Waals surface area contributed by atoms with Crippen LogP contribution in [0.5, 0.6) is 11.5 Å². The van der Waals surface area contributed by atoms with Gasteiger partial charge in [0.25, 0.3) is 0 Å². The highest BCUT2D eigenvalue weighted by Gasteiger charge is 2.53. The summed E-state index contributed by atoms with van der Waals surface area (Å²) < 4.78 is 6.67. The number of aromatic nitrogens is 1. The average molecular weight is 702 g/mol. The molecular formula is C42H59N3O6. The molecule has 1 aromatic carbocycles. The Bertz CT molecular complexity index is 1550. The number of H-pyrrole nitrogens is 1. The van der Waals surface area contributed by atoms with E-state index in [1.807, 2.05) is 24.4 Å². The Hall–Kier alpha value is -3.42. The largest absolute Gasteiger partial charge is 0.504 e. The number of aliphatic hydroxyl groups excluding tert-OH is 4. The Kier molecular flexibility index (Phi) is 12.4. The fraction of sp³-hybridized carbons (Fsp3) is 0.619. The lowest BCUT2D eigenvalue weighted by molar-refractivity contribution is -0.114. The van der Waals surface area contributed by atoms with Gasteiger partial charge < -0.3 is 46.3 Å². The molecule has 2 saturated carbocycles. The minimum atomic E-state index is -1.16. The van der Waals surface area contributed by atoms with Gasteiger partial charge in [0.15, 0.2) is 11.5 Å². The second kappa shape index (κ2) is 16.9. The molecule has 0 spiro atoms. The number of ether oxygens (including phenoxy) is 1. The summed E-state index contributed by atoms with van der Waals surface area (Å²) in [6.07, 6.45) is 13.2. The monoisotopic (exact) mass is 701 g/mol. The third-order valence-corrected chi connectivity index (χ3v) is 12.4. The number of nitrogens with one attached hydrogen (secondary N) is 2. The van der Waals surface area contributed by atoms with E-state index in [9.17, 15) is 25.5 Å². The maximum atomic E-state index is 11.6. The molecule has 3 aliphatic carbocycles. The van der Waals surface area contributed by atoms with Crippen LogP contribution < -0.4 is 15.8 Å². The topological polar surface area (TPSA) is 164 Å². The first-order valence-electron chi connectivity index (χ1n) is 19.4. The first-order chi connectivity index (χ1) is 24.7. The number of aryl methyl sites for hydroxylation is 1. The Morgan fingerprint density at radius 3 is 2.55 bits per heavy atom. The van der Waals surface area contributed by atoms with E-state index < -0.39 is 30.5 Å². The highest BCUT2D eigenvalue weighted by molar-refractivity contribution is 5.43. The van der Waals surface area contributed by atoms with Crippen molar-refractivity contribution in [2.24, 2.45) is 29.4 Å². The van der Waals surface area contributed by atoms with Crippen molar-refractivity contribution in [3.8, 4) is 23.3 Å². The normalized spacial score (nSPS) is 30.9. The van der Waals surface area contributed by atoms with E-state index in [4.69, 9.17) is 10.5 Å². The highest BCUT2D eigenvalue weighted by Crippen LogP contribution is 2.55. The summed E-state index contributed by atoms with van der Waals surface area (Å²) in [5.74, 6) is 7.23. The maximum Gasteiger partial charge on any atom is 0.161 e. The summed E-state index contributed by atoms with van der Waals surface area (Å²) in [7, 11) is 0. The van der Waals surface area contributed by atoms with Crippen LogP contribution in [0.25, 0.3) is 0 Å². The average Bonchev–Trinajstić information content (AvgIpc) is 3.85. The van der Waals surface area contributed by atoms with Gasteiger partial charge in [0.1, 0.15) is 12.2 Å². The highest BCUT2D eigenvalue weighted by atomic mass is 16.5. The first kappa shape index (κ1) is 37.3. The summed E-state index contributed by atoms with van der Waals surface area (Å²) in [5, 5.41) is 59.2. The lowest BCUT2D eigenvalue weighted by Crippen LogP contribution is -2.55. The minimum absolute atomic E-state index is 0.0458. The number of aromatic hydroxyl groups is 1. The van der Waals surface area contributed by atoms with E-state index in [2.05, 4.69) is 41.2 Å². The zero-order valence-corrected chi connectivity index (χ0v) is 30.1. The van der Waals surface area contributed by atoms with Crippen LogP contribution in [0.4, 0.5) is 0 Å². The second-order valence-electron chi connectivity index (χ2n) is 15.5. The van der Waals surface area contributed by atoms with Crippen LogP contribution in [0.3, 0.4) is 0 Å². The van der Waals surface area contributed by atoms with Gasteiger partial charge in [0.2, 0.25) is 0 Å². The van der Waals surface area contributed by atoms with E-state index in [0.717, 1.165) is 68.2 Å². The number of benzene rings is 1. The quantitative estimate of drug-likeness (QED) is 0.146. The molecule has 0 bridgehead atoms. The summed E-state index contributed by atoms with van der Waals surface area (Å²) >= 11 is 0. The van der Waals surface area contributed by atoms with Crippen molar-refractivity contribution in [1.82, 2.24) is 10.3 Å². The van der Waals surface area contributed by atoms with Gasteiger partial charge >= 0.3 is 0 Å². The van der Waals surface area contributed by atoms with Crippen molar-refractivity contribution in [1.29, 1.82) is 0 Å². The predicted octanol–water partition coefficient (Wildman–Crippen LogP) is 5.32. The molecule has 2 aromatic rings. The lowest BCUT2D eigenvalue weighted by atomic mass is 9.59. The molecule has 0 unspecified atom stereocenters. The van der Waals surface area contributed by atoms with Crippen LogP contribution in [0, 0.1) is 35.5 Å². The van der Waals surface area contributed by atoms with Gasteiger partial charge in [-0.3, -0.25) is 0 Å². The first-order valence-corrected chi connectivity index (χ1v) is 19.4. The molecular weight excluding hydrogens is 642 g/mol. The Labute approximate surface area is 303 Å². The van der Waals surface area contributed by atoms with E-state index in [0.29, 0.717) is 56.8 Å². The molecule has 0 saturated heterocycles. The summed E-state index contributed by atoms with van der Waals surface area (Å²) in [6.45, 7) is 2.77. The van der Waals surface area contributed by atoms with E-state index in [-0.39, 0.29) is 34.7 Å². The molecule has 9 N–H and O–H groups in total. The molecule has 2 fully saturated rings. The van der Waals surface area contributed by atoms with Gasteiger partial charge in [0, 0.05) is 53.9 Å². The third-order valence-electron chi connectivity index (χ3n) is 12.4. The van der Waals surface area contributed by atoms with E-state index in [1.165, 1.54) is 0 Å². The summed E-state index contributed by atoms with van der Waals surface area (Å²) in [5.41, 5.74) is 9.25. The standard InChI is InChI=1S/C42H59N3O6/c1-2-27-9-3-4-12-32(46)30(11-7-10-27)33(47)17-14-28-15-18-34(48)36(25-28)51-41-31(16-19-35(49)40(41)50)39(29-20-24-45-38(43)26-29)42(21-5-6-22-42)37-13-8-23-44-37/h8,13,15,18,20,23,25-27,30-33,35,39-41,44-50H,2-6,9,11-12,14,16-17,19,21-22,24,43H2,1H3/t27-,30+,31+,32+,33-,35+,39+,40-,41-/m1/s1. The number of nitrogens with two attached hydrogens (primary N) is 1. The molecule has 4 aliphatic rings. The fourth-order valence-corrected chi connectivity index (χ4v) is 9.52. The Balaban J connectivity index is 1.25. The molecule has 2 heterocycles. The van der Waals surface area contributed by atoms with Crippen LogP contribution in [-0.4, -0.2) is 67.6 Å². The molecule has 51 heavy (non-hydrogen) atoms. The van der Waals surface area contributed by atoms with Crippen molar-refractivity contribution in [2.75, 3.05) is 6.54 Å². The van der Waals surface area contributed by atoms with Gasteiger partial charge in [0.05, 0.1) is 24.1 Å². The fourth-order valence-electron chi connectivity index (χ4n) is 9.52.